The number of nitrogens with zero attached hydrogens (tertiary/aromatic N) is 2. The second-order valence-corrected chi connectivity index (χ2v) is 4.36. The highest BCUT2D eigenvalue weighted by atomic mass is 16.5. The van der Waals surface area contributed by atoms with Gasteiger partial charge in [0.2, 0.25) is 5.82 Å². The Kier molecular flexibility index (Phi) is 3.38. The van der Waals surface area contributed by atoms with E-state index in [1.807, 2.05) is 18.3 Å². The lowest BCUT2D eigenvalue weighted by Crippen LogP contribution is -2.32. The van der Waals surface area contributed by atoms with Crippen LogP contribution < -0.4 is 5.32 Å². The molecule has 2 aromatic rings. The minimum absolute atomic E-state index is 0.298. The second-order valence-electron chi connectivity index (χ2n) is 4.36. The summed E-state index contributed by atoms with van der Waals surface area (Å²) in [4.78, 5) is 7.33. The van der Waals surface area contributed by atoms with E-state index in [0.717, 1.165) is 31.6 Å². The van der Waals surface area contributed by atoms with Crippen molar-refractivity contribution in [2.75, 3.05) is 13.1 Å². The Morgan fingerprint density at radius 2 is 2.28 bits per heavy atom. The number of ether oxygens (including phenoxy) is 1. The van der Waals surface area contributed by atoms with Crippen LogP contribution in [-0.4, -0.2) is 34.3 Å². The van der Waals surface area contributed by atoms with E-state index in [9.17, 15) is 0 Å². The molecule has 0 atom stereocenters. The van der Waals surface area contributed by atoms with Gasteiger partial charge in [0.05, 0.1) is 11.8 Å². The van der Waals surface area contributed by atoms with E-state index in [0.29, 0.717) is 24.4 Å². The highest BCUT2D eigenvalue weighted by Crippen LogP contribution is 2.14. The van der Waals surface area contributed by atoms with Crippen molar-refractivity contribution in [2.45, 2.75) is 25.6 Å². The lowest BCUT2D eigenvalue weighted by atomic mass is 10.1. The smallest absolute Gasteiger partial charge is 0.253 e. The van der Waals surface area contributed by atoms with Crippen LogP contribution in [-0.2, 0) is 11.3 Å². The summed E-state index contributed by atoms with van der Waals surface area (Å²) in [5, 5.41) is 7.21. The highest BCUT2D eigenvalue weighted by molar-refractivity contribution is 5.47. The van der Waals surface area contributed by atoms with Gasteiger partial charge in [0, 0.05) is 6.20 Å². The fourth-order valence-electron chi connectivity index (χ4n) is 2.04. The van der Waals surface area contributed by atoms with Crippen LogP contribution in [0.3, 0.4) is 0 Å². The topological polar surface area (TPSA) is 76.0 Å². The molecule has 0 unspecified atom stereocenters. The molecular formula is C12H16N4O2. The zero-order valence-corrected chi connectivity index (χ0v) is 10.1. The van der Waals surface area contributed by atoms with Gasteiger partial charge >= 0.3 is 0 Å². The Bertz CT molecular complexity index is 474. The maximum atomic E-state index is 5.75. The Hall–Kier alpha value is -1.66. The first-order valence-electron chi connectivity index (χ1n) is 6.20. The average Bonchev–Trinajstić information content (AvgIpc) is 3.08. The van der Waals surface area contributed by atoms with Crippen LogP contribution in [0.15, 0.2) is 22.9 Å². The largest absolute Gasteiger partial charge is 0.368 e. The fourth-order valence-corrected chi connectivity index (χ4v) is 2.04. The van der Waals surface area contributed by atoms with Crippen LogP contribution in [0, 0.1) is 0 Å². The van der Waals surface area contributed by atoms with Gasteiger partial charge in [0.1, 0.15) is 6.61 Å². The molecule has 0 saturated carbocycles. The van der Waals surface area contributed by atoms with Crippen molar-refractivity contribution in [1.29, 1.82) is 0 Å². The zero-order valence-electron chi connectivity index (χ0n) is 10.1. The molecule has 3 rings (SSSR count). The Labute approximate surface area is 105 Å². The maximum Gasteiger partial charge on any atom is 0.253 e. The van der Waals surface area contributed by atoms with Gasteiger partial charge in [-0.2, -0.15) is 4.98 Å². The van der Waals surface area contributed by atoms with Gasteiger partial charge in [-0.15, -0.1) is 0 Å². The molecule has 3 heterocycles. The van der Waals surface area contributed by atoms with Gasteiger partial charge in [0.15, 0.2) is 0 Å². The van der Waals surface area contributed by atoms with Crippen molar-refractivity contribution < 1.29 is 9.26 Å². The molecule has 0 aromatic carbocycles. The molecule has 0 bridgehead atoms. The molecular weight excluding hydrogens is 232 g/mol. The molecule has 0 amide bonds. The standard InChI is InChI=1S/C12H16N4O2/c1-2-10(14-5-1)12-15-11(18-16-12)8-17-9-3-6-13-7-4-9/h1-2,5,9,13-14H,3-4,6-8H2. The molecule has 2 aromatic heterocycles. The number of nitrogens with one attached hydrogen (secondary N) is 2. The molecule has 0 radical (unpaired) electrons. The van der Waals surface area contributed by atoms with E-state index in [2.05, 4.69) is 20.4 Å². The maximum absolute atomic E-state index is 5.75. The number of hydrogen-bond acceptors (Lipinski definition) is 5. The second kappa shape index (κ2) is 5.32. The summed E-state index contributed by atoms with van der Waals surface area (Å²) in [6, 6.07) is 3.80. The summed E-state index contributed by atoms with van der Waals surface area (Å²) in [5.74, 6) is 1.10. The molecule has 96 valence electrons. The predicted molar refractivity (Wildman–Crippen MR) is 64.8 cm³/mol. The SMILES string of the molecule is c1c[nH]c(-c2noc(COC3CCNCC3)n2)c1. The molecule has 1 saturated heterocycles. The molecule has 6 heteroatoms. The normalized spacial score (nSPS) is 17.1. The van der Waals surface area contributed by atoms with Crippen LogP contribution in [0.4, 0.5) is 0 Å². The van der Waals surface area contributed by atoms with Crippen LogP contribution in [0.25, 0.3) is 11.5 Å². The van der Waals surface area contributed by atoms with Crippen molar-refractivity contribution in [1.82, 2.24) is 20.4 Å². The van der Waals surface area contributed by atoms with Gasteiger partial charge in [0.25, 0.3) is 5.89 Å². The van der Waals surface area contributed by atoms with Gasteiger partial charge in [-0.05, 0) is 38.1 Å². The Morgan fingerprint density at radius 1 is 1.39 bits per heavy atom. The number of H-pyrrole nitrogens is 1. The summed E-state index contributed by atoms with van der Waals surface area (Å²) < 4.78 is 10.9. The molecule has 0 aliphatic carbocycles. The molecule has 1 aliphatic rings. The summed E-state index contributed by atoms with van der Waals surface area (Å²) in [7, 11) is 0. The number of rotatable bonds is 4. The van der Waals surface area contributed by atoms with Crippen LogP contribution in [0.1, 0.15) is 18.7 Å². The zero-order chi connectivity index (χ0) is 12.2. The van der Waals surface area contributed by atoms with Crippen molar-refractivity contribution in [3.63, 3.8) is 0 Å². The monoisotopic (exact) mass is 248 g/mol. The number of piperidine rings is 1. The summed E-state index contributed by atoms with van der Waals surface area (Å²) >= 11 is 0. The Balaban J connectivity index is 1.57. The van der Waals surface area contributed by atoms with Gasteiger partial charge < -0.3 is 19.6 Å². The first kappa shape index (κ1) is 11.4. The van der Waals surface area contributed by atoms with Crippen LogP contribution in [0.5, 0.6) is 0 Å². The molecule has 1 fully saturated rings. The summed E-state index contributed by atoms with van der Waals surface area (Å²) in [6.07, 6.45) is 4.21. The van der Waals surface area contributed by atoms with E-state index in [-0.39, 0.29) is 0 Å². The van der Waals surface area contributed by atoms with E-state index >= 15 is 0 Å². The Morgan fingerprint density at radius 3 is 3.06 bits per heavy atom. The van der Waals surface area contributed by atoms with Gasteiger partial charge in [-0.3, -0.25) is 0 Å². The lowest BCUT2D eigenvalue weighted by molar-refractivity contribution is 0.00859. The number of aromatic amines is 1. The molecule has 18 heavy (non-hydrogen) atoms. The number of hydrogen-bond donors (Lipinski definition) is 2. The fraction of sp³-hybridized carbons (Fsp3) is 0.500. The molecule has 2 N–H and O–H groups in total. The predicted octanol–water partition coefficient (Wildman–Crippen LogP) is 1.33. The van der Waals surface area contributed by atoms with Crippen LogP contribution in [0.2, 0.25) is 0 Å². The average molecular weight is 248 g/mol. The van der Waals surface area contributed by atoms with Crippen molar-refractivity contribution in [3.8, 4) is 11.5 Å². The van der Waals surface area contributed by atoms with Gasteiger partial charge in [-0.25, -0.2) is 0 Å². The highest BCUT2D eigenvalue weighted by Gasteiger charge is 2.15. The third-order valence-electron chi connectivity index (χ3n) is 3.04. The lowest BCUT2D eigenvalue weighted by Gasteiger charge is -2.21. The van der Waals surface area contributed by atoms with Crippen LogP contribution >= 0.6 is 0 Å². The van der Waals surface area contributed by atoms with Crippen molar-refractivity contribution in [3.05, 3.63) is 24.2 Å². The summed E-state index contributed by atoms with van der Waals surface area (Å²) in [6.45, 7) is 2.42. The minimum Gasteiger partial charge on any atom is -0.368 e. The first-order valence-corrected chi connectivity index (χ1v) is 6.20. The summed E-state index contributed by atoms with van der Waals surface area (Å²) in [5.41, 5.74) is 0.854. The van der Waals surface area contributed by atoms with E-state index < -0.39 is 0 Å². The van der Waals surface area contributed by atoms with E-state index in [4.69, 9.17) is 9.26 Å². The minimum atomic E-state index is 0.298. The van der Waals surface area contributed by atoms with Gasteiger partial charge in [-0.1, -0.05) is 5.16 Å². The first-order chi connectivity index (χ1) is 8.92. The number of aromatic nitrogens is 3. The third kappa shape index (κ3) is 2.60. The quantitative estimate of drug-likeness (QED) is 0.853. The van der Waals surface area contributed by atoms with Crippen molar-refractivity contribution >= 4 is 0 Å². The molecule has 6 nitrogen and oxygen atoms in total. The molecule has 0 spiro atoms. The van der Waals surface area contributed by atoms with E-state index in [1.165, 1.54) is 0 Å². The molecule has 1 aliphatic heterocycles. The third-order valence-corrected chi connectivity index (χ3v) is 3.04. The van der Waals surface area contributed by atoms with Crippen molar-refractivity contribution in [2.24, 2.45) is 0 Å². The van der Waals surface area contributed by atoms with E-state index in [1.54, 1.807) is 0 Å².